The lowest BCUT2D eigenvalue weighted by Gasteiger charge is -2.19. The Morgan fingerprint density at radius 2 is 2.10 bits per heavy atom. The molecule has 0 saturated carbocycles. The van der Waals surface area contributed by atoms with Crippen molar-refractivity contribution in [2.45, 2.75) is 25.8 Å². The van der Waals surface area contributed by atoms with Gasteiger partial charge in [-0.15, -0.1) is 11.3 Å². The van der Waals surface area contributed by atoms with Crippen LogP contribution in [-0.2, 0) is 6.42 Å². The Morgan fingerprint density at radius 1 is 1.30 bits per heavy atom. The molecule has 0 aliphatic heterocycles. The zero-order chi connectivity index (χ0) is 14.5. The van der Waals surface area contributed by atoms with Crippen molar-refractivity contribution < 1.29 is 0 Å². The van der Waals surface area contributed by atoms with Crippen LogP contribution in [-0.4, -0.2) is 6.54 Å². The SMILES string of the molecule is CCCNC(Cc1ccc(Cl)cc1Cl)c1sccc1Br. The molecule has 2 rings (SSSR count). The predicted molar refractivity (Wildman–Crippen MR) is 93.2 cm³/mol. The Morgan fingerprint density at radius 3 is 2.70 bits per heavy atom. The topological polar surface area (TPSA) is 12.0 Å². The number of benzene rings is 1. The molecule has 2 aromatic rings. The molecule has 0 aliphatic carbocycles. The van der Waals surface area contributed by atoms with Crippen LogP contribution in [0.2, 0.25) is 10.0 Å². The van der Waals surface area contributed by atoms with Crippen LogP contribution in [0.15, 0.2) is 34.1 Å². The lowest BCUT2D eigenvalue weighted by molar-refractivity contribution is 0.535. The molecule has 1 atom stereocenters. The van der Waals surface area contributed by atoms with Crippen molar-refractivity contribution in [3.8, 4) is 0 Å². The van der Waals surface area contributed by atoms with E-state index >= 15 is 0 Å². The number of halogens is 3. The molecule has 1 heterocycles. The number of hydrogen-bond acceptors (Lipinski definition) is 2. The summed E-state index contributed by atoms with van der Waals surface area (Å²) >= 11 is 17.6. The molecule has 0 radical (unpaired) electrons. The molecular weight excluding hydrogens is 377 g/mol. The van der Waals surface area contributed by atoms with E-state index in [1.54, 1.807) is 17.4 Å². The fourth-order valence-corrected chi connectivity index (χ4v) is 4.25. The van der Waals surface area contributed by atoms with Gasteiger partial charge in [-0.25, -0.2) is 0 Å². The first kappa shape index (κ1) is 16.3. The number of nitrogens with one attached hydrogen (secondary N) is 1. The summed E-state index contributed by atoms with van der Waals surface area (Å²) in [6, 6.07) is 8.06. The monoisotopic (exact) mass is 391 g/mol. The summed E-state index contributed by atoms with van der Waals surface area (Å²) in [5.41, 5.74) is 1.12. The highest BCUT2D eigenvalue weighted by atomic mass is 79.9. The van der Waals surface area contributed by atoms with Crippen LogP contribution < -0.4 is 5.32 Å². The van der Waals surface area contributed by atoms with Gasteiger partial charge in [-0.1, -0.05) is 36.2 Å². The van der Waals surface area contributed by atoms with E-state index in [2.05, 4.69) is 39.6 Å². The summed E-state index contributed by atoms with van der Waals surface area (Å²) < 4.78 is 1.15. The zero-order valence-electron chi connectivity index (χ0n) is 11.1. The fraction of sp³-hybridized carbons (Fsp3) is 0.333. The molecule has 1 unspecified atom stereocenters. The summed E-state index contributed by atoms with van der Waals surface area (Å²) in [5, 5.41) is 7.10. The van der Waals surface area contributed by atoms with Crippen LogP contribution >= 0.6 is 50.5 Å². The summed E-state index contributed by atoms with van der Waals surface area (Å²) in [6.45, 7) is 3.16. The van der Waals surface area contributed by atoms with Crippen molar-refractivity contribution in [1.29, 1.82) is 0 Å². The van der Waals surface area contributed by atoms with Gasteiger partial charge in [-0.05, 0) is 64.5 Å². The van der Waals surface area contributed by atoms with E-state index in [-0.39, 0.29) is 6.04 Å². The van der Waals surface area contributed by atoms with E-state index in [4.69, 9.17) is 23.2 Å². The van der Waals surface area contributed by atoms with E-state index in [0.717, 1.165) is 34.4 Å². The van der Waals surface area contributed by atoms with Crippen molar-refractivity contribution >= 4 is 50.5 Å². The summed E-state index contributed by atoms with van der Waals surface area (Å²) in [5.74, 6) is 0. The van der Waals surface area contributed by atoms with Gasteiger partial charge in [0.15, 0.2) is 0 Å². The first-order chi connectivity index (χ1) is 9.61. The second kappa shape index (κ2) is 7.81. The maximum absolute atomic E-state index is 6.29. The maximum Gasteiger partial charge on any atom is 0.0467 e. The van der Waals surface area contributed by atoms with Gasteiger partial charge in [-0.3, -0.25) is 0 Å². The van der Waals surface area contributed by atoms with Crippen molar-refractivity contribution in [2.75, 3.05) is 6.54 Å². The van der Waals surface area contributed by atoms with Gasteiger partial charge in [0.2, 0.25) is 0 Å². The van der Waals surface area contributed by atoms with E-state index in [1.165, 1.54) is 4.88 Å². The van der Waals surface area contributed by atoms with Crippen molar-refractivity contribution in [1.82, 2.24) is 5.32 Å². The van der Waals surface area contributed by atoms with Gasteiger partial charge in [0.25, 0.3) is 0 Å². The average molecular weight is 393 g/mol. The minimum absolute atomic E-state index is 0.267. The van der Waals surface area contributed by atoms with E-state index < -0.39 is 0 Å². The highest BCUT2D eigenvalue weighted by molar-refractivity contribution is 9.10. The molecule has 108 valence electrons. The Balaban J connectivity index is 2.21. The number of rotatable bonds is 6. The second-order valence-corrected chi connectivity index (χ2v) is 7.23. The summed E-state index contributed by atoms with van der Waals surface area (Å²) in [7, 11) is 0. The lowest BCUT2D eigenvalue weighted by atomic mass is 10.0. The first-order valence-electron chi connectivity index (χ1n) is 6.52. The van der Waals surface area contributed by atoms with Crippen LogP contribution in [0.5, 0.6) is 0 Å². The minimum Gasteiger partial charge on any atom is -0.309 e. The molecular formula is C15H16BrCl2NS. The highest BCUT2D eigenvalue weighted by Crippen LogP contribution is 2.33. The molecule has 5 heteroatoms. The van der Waals surface area contributed by atoms with E-state index in [0.29, 0.717) is 5.02 Å². The molecule has 1 aromatic heterocycles. The normalized spacial score (nSPS) is 12.6. The minimum atomic E-state index is 0.267. The van der Waals surface area contributed by atoms with Crippen LogP contribution in [0.1, 0.15) is 29.8 Å². The Kier molecular flexibility index (Phi) is 6.37. The molecule has 0 amide bonds. The molecule has 0 aliphatic rings. The van der Waals surface area contributed by atoms with Gasteiger partial charge < -0.3 is 5.32 Å². The van der Waals surface area contributed by atoms with Gasteiger partial charge in [0.1, 0.15) is 0 Å². The second-order valence-electron chi connectivity index (χ2n) is 4.58. The number of hydrogen-bond donors (Lipinski definition) is 1. The van der Waals surface area contributed by atoms with Gasteiger partial charge >= 0.3 is 0 Å². The number of thiophene rings is 1. The maximum atomic E-state index is 6.29. The molecule has 0 fully saturated rings. The lowest BCUT2D eigenvalue weighted by Crippen LogP contribution is -2.23. The quantitative estimate of drug-likeness (QED) is 0.625. The highest BCUT2D eigenvalue weighted by Gasteiger charge is 2.17. The standard InChI is InChI=1S/C15H16BrCl2NS/c1-2-6-19-14(15-12(16)5-7-20-15)8-10-3-4-11(17)9-13(10)18/h3-5,7,9,14,19H,2,6,8H2,1H3. The third kappa shape index (κ3) is 4.22. The fourth-order valence-electron chi connectivity index (χ4n) is 2.04. The first-order valence-corrected chi connectivity index (χ1v) is 8.95. The van der Waals surface area contributed by atoms with Crippen molar-refractivity contribution in [2.24, 2.45) is 0 Å². The van der Waals surface area contributed by atoms with Crippen molar-refractivity contribution in [3.05, 3.63) is 54.6 Å². The van der Waals surface area contributed by atoms with E-state index in [9.17, 15) is 0 Å². The third-order valence-corrected chi connectivity index (χ3v) is 5.61. The predicted octanol–water partition coefficient (Wildman–Crippen LogP) is 6.10. The average Bonchev–Trinajstić information content (AvgIpc) is 2.83. The third-order valence-electron chi connectivity index (χ3n) is 3.04. The summed E-state index contributed by atoms with van der Waals surface area (Å²) in [4.78, 5) is 1.31. The Hall–Kier alpha value is -0.0600. The molecule has 1 N–H and O–H groups in total. The summed E-state index contributed by atoms with van der Waals surface area (Å²) in [6.07, 6.45) is 1.96. The molecule has 0 bridgehead atoms. The van der Waals surface area contributed by atoms with Crippen LogP contribution in [0.4, 0.5) is 0 Å². The smallest absolute Gasteiger partial charge is 0.0467 e. The zero-order valence-corrected chi connectivity index (χ0v) is 15.0. The molecule has 0 saturated heterocycles. The van der Waals surface area contributed by atoms with Crippen LogP contribution in [0.3, 0.4) is 0 Å². The molecule has 1 aromatic carbocycles. The van der Waals surface area contributed by atoms with Crippen molar-refractivity contribution in [3.63, 3.8) is 0 Å². The molecule has 0 spiro atoms. The van der Waals surface area contributed by atoms with Gasteiger partial charge in [-0.2, -0.15) is 0 Å². The Labute approximate surface area is 142 Å². The van der Waals surface area contributed by atoms with Gasteiger partial charge in [0, 0.05) is 25.4 Å². The van der Waals surface area contributed by atoms with Gasteiger partial charge in [0.05, 0.1) is 0 Å². The Bertz CT molecular complexity index is 571. The van der Waals surface area contributed by atoms with E-state index in [1.807, 2.05) is 12.1 Å². The van der Waals surface area contributed by atoms with Crippen LogP contribution in [0, 0.1) is 0 Å². The largest absolute Gasteiger partial charge is 0.309 e. The molecule has 1 nitrogen and oxygen atoms in total. The van der Waals surface area contributed by atoms with Crippen LogP contribution in [0.25, 0.3) is 0 Å². The molecule has 20 heavy (non-hydrogen) atoms.